The maximum Gasteiger partial charge on any atom is 0.411 e. The number of hydrogen-bond donors (Lipinski definition) is 1. The molecule has 0 aromatic rings. The van der Waals surface area contributed by atoms with E-state index in [2.05, 4.69) is 17.0 Å². The van der Waals surface area contributed by atoms with Gasteiger partial charge in [-0.3, -0.25) is 0 Å². The minimum Gasteiger partial charge on any atom is -0.372 e. The lowest BCUT2D eigenvalue weighted by Crippen LogP contribution is -2.25. The number of rotatable bonds is 8. The predicted molar refractivity (Wildman–Crippen MR) is 53.9 cm³/mol. The Kier molecular flexibility index (Phi) is 7.78. The van der Waals surface area contributed by atoms with Gasteiger partial charge < -0.3 is 10.1 Å². The van der Waals surface area contributed by atoms with Gasteiger partial charge in [-0.25, -0.2) is 0 Å². The lowest BCUT2D eigenvalue weighted by molar-refractivity contribution is -0.174. The van der Waals surface area contributed by atoms with Crippen LogP contribution in [0.1, 0.15) is 33.1 Å². The van der Waals surface area contributed by atoms with Gasteiger partial charge in [0.2, 0.25) is 0 Å². The van der Waals surface area contributed by atoms with Crippen LogP contribution in [0.3, 0.4) is 0 Å². The van der Waals surface area contributed by atoms with Crippen molar-refractivity contribution in [2.75, 3.05) is 19.8 Å². The van der Waals surface area contributed by atoms with E-state index in [1.165, 1.54) is 0 Å². The Morgan fingerprint density at radius 2 is 1.93 bits per heavy atom. The van der Waals surface area contributed by atoms with Gasteiger partial charge in [0.25, 0.3) is 0 Å². The van der Waals surface area contributed by atoms with Crippen LogP contribution >= 0.6 is 0 Å². The fourth-order valence-corrected chi connectivity index (χ4v) is 1.29. The van der Waals surface area contributed by atoms with Crippen LogP contribution in [-0.4, -0.2) is 32.0 Å². The zero-order valence-corrected chi connectivity index (χ0v) is 9.36. The summed E-state index contributed by atoms with van der Waals surface area (Å²) in [7, 11) is 0. The third kappa shape index (κ3) is 11.6. The highest BCUT2D eigenvalue weighted by atomic mass is 19.4. The minimum absolute atomic E-state index is 0.193. The van der Waals surface area contributed by atoms with Crippen molar-refractivity contribution < 1.29 is 17.9 Å². The molecule has 0 amide bonds. The quantitative estimate of drug-likeness (QED) is 0.644. The number of ether oxygens (including phenoxy) is 1. The largest absolute Gasteiger partial charge is 0.411 e. The third-order valence-electron chi connectivity index (χ3n) is 1.99. The van der Waals surface area contributed by atoms with Crippen molar-refractivity contribution in [1.82, 2.24) is 5.32 Å². The summed E-state index contributed by atoms with van der Waals surface area (Å²) in [5, 5.41) is 3.24. The maximum absolute atomic E-state index is 11.7. The molecule has 0 aliphatic rings. The van der Waals surface area contributed by atoms with E-state index in [9.17, 15) is 13.2 Å². The zero-order valence-electron chi connectivity index (χ0n) is 9.36. The van der Waals surface area contributed by atoms with E-state index in [1.54, 1.807) is 0 Å². The fourth-order valence-electron chi connectivity index (χ4n) is 1.29. The standard InChI is InChI=1S/C10H20F3NO/c1-3-14-9(2)6-4-5-7-15-8-10(11,12)13/h9,14H,3-8H2,1-2H3. The Balaban J connectivity index is 3.18. The summed E-state index contributed by atoms with van der Waals surface area (Å²) in [6.07, 6.45) is -1.64. The molecule has 0 rings (SSSR count). The number of halogens is 3. The Labute approximate surface area is 89.2 Å². The normalized spacial score (nSPS) is 14.2. The highest BCUT2D eigenvalue weighted by Crippen LogP contribution is 2.14. The van der Waals surface area contributed by atoms with Crippen molar-refractivity contribution in [2.45, 2.75) is 45.3 Å². The van der Waals surface area contributed by atoms with Gasteiger partial charge in [-0.15, -0.1) is 0 Å². The van der Waals surface area contributed by atoms with E-state index in [-0.39, 0.29) is 6.61 Å². The van der Waals surface area contributed by atoms with E-state index in [0.29, 0.717) is 12.5 Å². The number of unbranched alkanes of at least 4 members (excludes halogenated alkanes) is 1. The minimum atomic E-state index is -4.20. The van der Waals surface area contributed by atoms with E-state index in [4.69, 9.17) is 0 Å². The van der Waals surface area contributed by atoms with Gasteiger partial charge in [0.1, 0.15) is 6.61 Å². The molecule has 0 spiro atoms. The van der Waals surface area contributed by atoms with Crippen LogP contribution in [0.5, 0.6) is 0 Å². The number of hydrogen-bond acceptors (Lipinski definition) is 2. The second-order valence-corrected chi connectivity index (χ2v) is 3.62. The lowest BCUT2D eigenvalue weighted by atomic mass is 10.1. The molecule has 15 heavy (non-hydrogen) atoms. The van der Waals surface area contributed by atoms with Gasteiger partial charge in [0.05, 0.1) is 0 Å². The average Bonchev–Trinajstić information content (AvgIpc) is 2.09. The summed E-state index contributed by atoms with van der Waals surface area (Å²) in [6, 6.07) is 0.428. The molecular weight excluding hydrogens is 207 g/mol. The van der Waals surface area contributed by atoms with Crippen LogP contribution in [0.15, 0.2) is 0 Å². The maximum atomic E-state index is 11.7. The Morgan fingerprint density at radius 3 is 2.47 bits per heavy atom. The molecule has 0 saturated carbocycles. The molecule has 0 bridgehead atoms. The summed E-state index contributed by atoms with van der Waals surface area (Å²) < 4.78 is 39.5. The molecule has 0 radical (unpaired) electrons. The Morgan fingerprint density at radius 1 is 1.27 bits per heavy atom. The first kappa shape index (κ1) is 14.7. The Hall–Kier alpha value is -0.290. The van der Waals surface area contributed by atoms with Crippen LogP contribution in [-0.2, 0) is 4.74 Å². The molecular formula is C10H20F3NO. The van der Waals surface area contributed by atoms with Crippen LogP contribution in [0.2, 0.25) is 0 Å². The summed E-state index contributed by atoms with van der Waals surface area (Å²) in [5.41, 5.74) is 0. The van der Waals surface area contributed by atoms with Crippen molar-refractivity contribution in [1.29, 1.82) is 0 Å². The molecule has 0 aromatic heterocycles. The van der Waals surface area contributed by atoms with Crippen LogP contribution in [0, 0.1) is 0 Å². The number of alkyl halides is 3. The monoisotopic (exact) mass is 227 g/mol. The summed E-state index contributed by atoms with van der Waals surface area (Å²) >= 11 is 0. The van der Waals surface area contributed by atoms with Crippen LogP contribution in [0.25, 0.3) is 0 Å². The van der Waals surface area contributed by atoms with E-state index < -0.39 is 12.8 Å². The van der Waals surface area contributed by atoms with Gasteiger partial charge in [-0.1, -0.05) is 6.92 Å². The lowest BCUT2D eigenvalue weighted by Gasteiger charge is -2.12. The zero-order chi connectivity index (χ0) is 11.7. The molecule has 5 heteroatoms. The molecule has 0 aromatic carbocycles. The molecule has 1 atom stereocenters. The molecule has 0 saturated heterocycles. The molecule has 0 aliphatic heterocycles. The average molecular weight is 227 g/mol. The number of nitrogens with one attached hydrogen (secondary N) is 1. The Bertz CT molecular complexity index is 150. The van der Waals surface area contributed by atoms with Crippen molar-refractivity contribution in [3.05, 3.63) is 0 Å². The third-order valence-corrected chi connectivity index (χ3v) is 1.99. The van der Waals surface area contributed by atoms with E-state index in [0.717, 1.165) is 19.4 Å². The molecule has 2 nitrogen and oxygen atoms in total. The van der Waals surface area contributed by atoms with Crippen molar-refractivity contribution in [2.24, 2.45) is 0 Å². The van der Waals surface area contributed by atoms with Crippen molar-refractivity contribution in [3.63, 3.8) is 0 Å². The highest BCUT2D eigenvalue weighted by molar-refractivity contribution is 4.58. The SMILES string of the molecule is CCNC(C)CCCCOCC(F)(F)F. The van der Waals surface area contributed by atoms with Gasteiger partial charge in [-0.2, -0.15) is 13.2 Å². The first-order valence-corrected chi connectivity index (χ1v) is 5.33. The first-order valence-electron chi connectivity index (χ1n) is 5.33. The first-order chi connectivity index (χ1) is 6.95. The second-order valence-electron chi connectivity index (χ2n) is 3.62. The van der Waals surface area contributed by atoms with Crippen LogP contribution < -0.4 is 5.32 Å². The summed E-state index contributed by atoms with van der Waals surface area (Å²) in [4.78, 5) is 0. The molecule has 92 valence electrons. The topological polar surface area (TPSA) is 21.3 Å². The summed E-state index contributed by atoms with van der Waals surface area (Å²) in [6.45, 7) is 4.09. The van der Waals surface area contributed by atoms with Crippen molar-refractivity contribution >= 4 is 0 Å². The second kappa shape index (κ2) is 7.93. The molecule has 0 heterocycles. The molecule has 1 N–H and O–H groups in total. The smallest absolute Gasteiger partial charge is 0.372 e. The van der Waals surface area contributed by atoms with E-state index in [1.807, 2.05) is 6.92 Å². The van der Waals surface area contributed by atoms with Crippen molar-refractivity contribution in [3.8, 4) is 0 Å². The molecule has 0 fully saturated rings. The molecule has 0 aliphatic carbocycles. The van der Waals surface area contributed by atoms with E-state index >= 15 is 0 Å². The highest BCUT2D eigenvalue weighted by Gasteiger charge is 2.27. The van der Waals surface area contributed by atoms with Gasteiger partial charge in [-0.05, 0) is 32.7 Å². The molecule has 1 unspecified atom stereocenters. The van der Waals surface area contributed by atoms with Gasteiger partial charge in [0.15, 0.2) is 0 Å². The fraction of sp³-hybridized carbons (Fsp3) is 1.00. The summed E-state index contributed by atoms with van der Waals surface area (Å²) in [5.74, 6) is 0. The predicted octanol–water partition coefficient (Wildman–Crippen LogP) is 2.73. The van der Waals surface area contributed by atoms with Gasteiger partial charge >= 0.3 is 6.18 Å². The van der Waals surface area contributed by atoms with Crippen LogP contribution in [0.4, 0.5) is 13.2 Å². The van der Waals surface area contributed by atoms with Gasteiger partial charge in [0, 0.05) is 12.6 Å².